The summed E-state index contributed by atoms with van der Waals surface area (Å²) in [5, 5.41) is 5.46. The smallest absolute Gasteiger partial charge is 0.407 e. The maximum Gasteiger partial charge on any atom is 0.407 e. The van der Waals surface area contributed by atoms with Crippen LogP contribution in [0.3, 0.4) is 0 Å². The molecule has 0 saturated carbocycles. The van der Waals surface area contributed by atoms with Crippen LogP contribution < -0.4 is 10.6 Å². The molecule has 0 aliphatic heterocycles. The molecule has 1 aliphatic carbocycles. The van der Waals surface area contributed by atoms with Gasteiger partial charge in [-0.2, -0.15) is 0 Å². The van der Waals surface area contributed by atoms with E-state index < -0.39 is 11.9 Å². The fraction of sp³-hybridized carbons (Fsp3) is 0.250. The van der Waals surface area contributed by atoms with Gasteiger partial charge >= 0.3 is 6.09 Å². The molecule has 1 aromatic heterocycles. The monoisotopic (exact) mass is 509 g/mol. The van der Waals surface area contributed by atoms with Gasteiger partial charge in [-0.1, -0.05) is 11.6 Å². The van der Waals surface area contributed by atoms with E-state index in [2.05, 4.69) is 36.6 Å². The first-order valence-electron chi connectivity index (χ1n) is 7.58. The van der Waals surface area contributed by atoms with Gasteiger partial charge in [-0.15, -0.1) is 0 Å². The maximum atomic E-state index is 13.3. The van der Waals surface area contributed by atoms with E-state index in [1.165, 1.54) is 34.4 Å². The lowest BCUT2D eigenvalue weighted by Gasteiger charge is -2.11. The van der Waals surface area contributed by atoms with Gasteiger partial charge in [0.05, 0.1) is 18.2 Å². The molecule has 1 aromatic carbocycles. The lowest BCUT2D eigenvalue weighted by Crippen LogP contribution is -2.26. The van der Waals surface area contributed by atoms with Crippen LogP contribution in [-0.4, -0.2) is 23.1 Å². The van der Waals surface area contributed by atoms with Crippen LogP contribution in [0.25, 0.3) is 0 Å². The molecule has 3 rings (SSSR count). The average Bonchev–Trinajstić information content (AvgIpc) is 3.17. The Morgan fingerprint density at radius 2 is 2.23 bits per heavy atom. The summed E-state index contributed by atoms with van der Waals surface area (Å²) in [6.07, 6.45) is 2.67. The lowest BCUT2D eigenvalue weighted by atomic mass is 10.1. The number of ether oxygens (including phenoxy) is 1. The van der Waals surface area contributed by atoms with Crippen molar-refractivity contribution in [2.75, 3.05) is 12.4 Å². The maximum absolute atomic E-state index is 13.3. The summed E-state index contributed by atoms with van der Waals surface area (Å²) in [5.74, 6) is -0.870. The molecule has 1 atom stereocenters. The van der Waals surface area contributed by atoms with Gasteiger partial charge in [0.2, 0.25) is 0 Å². The molecule has 6 nitrogen and oxygen atoms in total. The first-order chi connectivity index (χ1) is 12.4. The molecule has 0 saturated heterocycles. The second-order valence-electron chi connectivity index (χ2n) is 5.62. The number of benzene rings is 1. The van der Waals surface area contributed by atoms with E-state index in [1.807, 2.05) is 6.20 Å². The van der Waals surface area contributed by atoms with Gasteiger partial charge in [0.25, 0.3) is 5.91 Å². The van der Waals surface area contributed by atoms with Gasteiger partial charge in [0, 0.05) is 42.2 Å². The van der Waals surface area contributed by atoms with Gasteiger partial charge in [0.1, 0.15) is 11.5 Å². The Morgan fingerprint density at radius 1 is 1.46 bits per heavy atom. The van der Waals surface area contributed by atoms with E-state index in [4.69, 9.17) is 11.6 Å². The Bertz CT molecular complexity index is 877. The molecule has 0 radical (unpaired) electrons. The van der Waals surface area contributed by atoms with Gasteiger partial charge < -0.3 is 15.4 Å². The largest absolute Gasteiger partial charge is 0.453 e. The zero-order chi connectivity index (χ0) is 18.8. The van der Waals surface area contributed by atoms with E-state index in [0.29, 0.717) is 24.2 Å². The summed E-state index contributed by atoms with van der Waals surface area (Å²) in [6, 6.07) is 3.81. The van der Waals surface area contributed by atoms with Crippen LogP contribution in [0.1, 0.15) is 34.1 Å². The Hall–Kier alpha value is -1.46. The Balaban J connectivity index is 1.88. The van der Waals surface area contributed by atoms with Crippen molar-refractivity contribution in [3.8, 4) is 0 Å². The number of carbonyl (C=O) groups excluding carboxylic acids is 2. The summed E-state index contributed by atoms with van der Waals surface area (Å²) in [5.41, 5.74) is 2.67. The van der Waals surface area contributed by atoms with Crippen molar-refractivity contribution in [1.29, 1.82) is 0 Å². The minimum atomic E-state index is -0.548. The molecular weight excluding hydrogens is 496 g/mol. The summed E-state index contributed by atoms with van der Waals surface area (Å²) in [7, 11) is 2.66. The molecule has 10 heteroatoms. The predicted octanol–water partition coefficient (Wildman–Crippen LogP) is 4.72. The van der Waals surface area contributed by atoms with E-state index in [1.54, 1.807) is 3.97 Å². The highest BCUT2D eigenvalue weighted by molar-refractivity contribution is 14.2. The minimum Gasteiger partial charge on any atom is -0.453 e. The number of alkyl carbamates (subject to hydrolysis) is 1. The normalized spacial score (nSPS) is 15.5. The van der Waals surface area contributed by atoms with Gasteiger partial charge in [0.15, 0.2) is 0 Å². The molecule has 2 aromatic rings. The van der Waals surface area contributed by atoms with Crippen LogP contribution in [0.4, 0.5) is 14.9 Å². The number of carbonyl (C=O) groups is 2. The second-order valence-corrected chi connectivity index (χ2v) is 7.74. The molecule has 138 valence electrons. The summed E-state index contributed by atoms with van der Waals surface area (Å²) >= 11 is 7.85. The number of rotatable bonds is 4. The Morgan fingerprint density at radius 3 is 2.88 bits per heavy atom. The Kier molecular flexibility index (Phi) is 5.98. The molecule has 1 heterocycles. The summed E-state index contributed by atoms with van der Waals surface area (Å²) in [6.45, 7) is 0. The number of hydrogen-bond donors (Lipinski definition) is 2. The number of hydrogen-bond acceptors (Lipinski definition) is 4. The second kappa shape index (κ2) is 8.05. The number of nitrogens with one attached hydrogen (secondary N) is 2. The highest BCUT2D eigenvalue weighted by atomic mass is 127. The molecule has 0 bridgehead atoms. The van der Waals surface area contributed by atoms with Gasteiger partial charge in [-0.05, 0) is 42.2 Å². The first-order valence-corrected chi connectivity index (χ1v) is 11.3. The third kappa shape index (κ3) is 3.79. The fourth-order valence-electron chi connectivity index (χ4n) is 2.95. The molecule has 2 N–H and O–H groups in total. The number of aromatic nitrogens is 1. The number of amides is 2. The van der Waals surface area contributed by atoms with Gasteiger partial charge in [-0.25, -0.2) is 9.18 Å². The van der Waals surface area contributed by atoms with Crippen molar-refractivity contribution in [3.05, 3.63) is 52.1 Å². The summed E-state index contributed by atoms with van der Waals surface area (Å²) in [4.78, 5) is 24.3. The topological polar surface area (TPSA) is 72.4 Å². The zero-order valence-electron chi connectivity index (χ0n) is 13.5. The van der Waals surface area contributed by atoms with Crippen LogP contribution in [-0.2, 0) is 11.2 Å². The Labute approximate surface area is 170 Å². The SMILES string of the molecule is COC(=O)NC1CCc2c1cn(SI)c2C(=O)Nc1ccc(F)c(Cl)c1. The molecule has 0 spiro atoms. The average molecular weight is 510 g/mol. The van der Waals surface area contributed by atoms with Crippen LogP contribution in [0.15, 0.2) is 24.4 Å². The fourth-order valence-corrected chi connectivity index (χ4v) is 4.48. The number of methoxy groups -OCH3 is 1. The molecule has 0 fully saturated rings. The van der Waals surface area contributed by atoms with Crippen LogP contribution in [0, 0.1) is 5.82 Å². The molecule has 1 unspecified atom stereocenters. The van der Waals surface area contributed by atoms with E-state index in [0.717, 1.165) is 11.1 Å². The first kappa shape index (κ1) is 19.3. The number of fused-ring (bicyclic) bond motifs is 1. The highest BCUT2D eigenvalue weighted by Gasteiger charge is 2.32. The predicted molar refractivity (Wildman–Crippen MR) is 107 cm³/mol. The molecular formula is C16H14ClFIN3O3S. The zero-order valence-corrected chi connectivity index (χ0v) is 17.2. The minimum absolute atomic E-state index is 0.0611. The van der Waals surface area contributed by atoms with Crippen molar-refractivity contribution in [3.63, 3.8) is 0 Å². The van der Waals surface area contributed by atoms with Crippen LogP contribution >= 0.6 is 41.9 Å². The number of anilines is 1. The van der Waals surface area contributed by atoms with E-state index in [-0.39, 0.29) is 17.0 Å². The third-order valence-corrected chi connectivity index (χ3v) is 6.11. The van der Waals surface area contributed by atoms with Crippen LogP contribution in [0.5, 0.6) is 0 Å². The van der Waals surface area contributed by atoms with Crippen LogP contribution in [0.2, 0.25) is 5.02 Å². The third-order valence-electron chi connectivity index (χ3n) is 4.11. The quantitative estimate of drug-likeness (QED) is 0.585. The van der Waals surface area contributed by atoms with Crippen molar-refractivity contribution in [1.82, 2.24) is 9.29 Å². The standard InChI is InChI=1S/C16H14ClFIN3O3S/c1-25-16(24)21-13-5-3-9-10(13)7-22(26-19)14(9)15(23)20-8-2-4-12(18)11(17)6-8/h2,4,6-7,13H,3,5H2,1H3,(H,20,23)(H,21,24). The number of halogens is 3. The number of nitrogens with zero attached hydrogens (tertiary/aromatic N) is 1. The van der Waals surface area contributed by atoms with Crippen molar-refractivity contribution >= 4 is 59.6 Å². The van der Waals surface area contributed by atoms with E-state index >= 15 is 0 Å². The van der Waals surface area contributed by atoms with Crippen molar-refractivity contribution in [2.24, 2.45) is 0 Å². The van der Waals surface area contributed by atoms with Crippen molar-refractivity contribution < 1.29 is 18.7 Å². The molecule has 26 heavy (non-hydrogen) atoms. The summed E-state index contributed by atoms with van der Waals surface area (Å²) < 4.78 is 19.7. The van der Waals surface area contributed by atoms with Crippen molar-refractivity contribution in [2.45, 2.75) is 18.9 Å². The lowest BCUT2D eigenvalue weighted by molar-refractivity contribution is 0.102. The van der Waals surface area contributed by atoms with E-state index in [9.17, 15) is 14.0 Å². The van der Waals surface area contributed by atoms with Gasteiger partial charge in [-0.3, -0.25) is 8.77 Å². The highest BCUT2D eigenvalue weighted by Crippen LogP contribution is 2.38. The molecule has 1 aliphatic rings. The molecule has 2 amide bonds.